The molecule has 0 radical (unpaired) electrons. The molecule has 1 aliphatic rings. The second kappa shape index (κ2) is 8.17. The van der Waals surface area contributed by atoms with Crippen LogP contribution in [0.25, 0.3) is 10.8 Å². The molecule has 28 heavy (non-hydrogen) atoms. The fraction of sp³-hybridized carbons (Fsp3) is 0.273. The van der Waals surface area contributed by atoms with Gasteiger partial charge in [-0.05, 0) is 49.1 Å². The maximum atomic E-state index is 12.4. The number of nitrogens with one attached hydrogen (secondary N) is 2. The predicted octanol–water partition coefficient (Wildman–Crippen LogP) is 4.13. The Morgan fingerprint density at radius 1 is 1.07 bits per heavy atom. The molecular formula is C22H25N5O. The average molecular weight is 375 g/mol. The van der Waals surface area contributed by atoms with Gasteiger partial charge in [-0.3, -0.25) is 0 Å². The number of carbonyl (C=O) groups is 1. The maximum absolute atomic E-state index is 12.4. The van der Waals surface area contributed by atoms with Crippen molar-refractivity contribution in [1.82, 2.24) is 10.3 Å². The van der Waals surface area contributed by atoms with Crippen LogP contribution in [0.15, 0.2) is 54.7 Å². The minimum Gasteiger partial charge on any atom is -0.384 e. The van der Waals surface area contributed by atoms with Crippen LogP contribution in [0, 0.1) is 0 Å². The standard InChI is InChI=1S/C22H25N5O/c23-21-13-19-17(15-24-21)5-4-6-20(19)26-22(28)25-14-16-7-9-18(10-8-16)27-11-2-1-3-12-27/h4-10,13,15H,1-3,11-12,14H2,(H2,23,24)(H2,25,26,28). The molecule has 0 bridgehead atoms. The normalized spacial score (nSPS) is 14.1. The summed E-state index contributed by atoms with van der Waals surface area (Å²) in [7, 11) is 0. The number of rotatable bonds is 4. The van der Waals surface area contributed by atoms with E-state index in [1.165, 1.54) is 24.9 Å². The Balaban J connectivity index is 1.36. The van der Waals surface area contributed by atoms with Crippen molar-refractivity contribution < 1.29 is 4.79 Å². The lowest BCUT2D eigenvalue weighted by Crippen LogP contribution is -2.29. The number of pyridine rings is 1. The van der Waals surface area contributed by atoms with Gasteiger partial charge in [0.25, 0.3) is 0 Å². The maximum Gasteiger partial charge on any atom is 0.319 e. The highest BCUT2D eigenvalue weighted by Gasteiger charge is 2.11. The number of carbonyl (C=O) groups excluding carboxylic acids is 1. The molecule has 2 aromatic carbocycles. The second-order valence-corrected chi connectivity index (χ2v) is 7.16. The summed E-state index contributed by atoms with van der Waals surface area (Å²) in [6.45, 7) is 2.73. The first-order chi connectivity index (χ1) is 13.7. The van der Waals surface area contributed by atoms with E-state index >= 15 is 0 Å². The van der Waals surface area contributed by atoms with Gasteiger partial charge in [0.15, 0.2) is 0 Å². The molecule has 6 heteroatoms. The highest BCUT2D eigenvalue weighted by atomic mass is 16.2. The summed E-state index contributed by atoms with van der Waals surface area (Å²) < 4.78 is 0. The molecule has 144 valence electrons. The minimum atomic E-state index is -0.247. The third-order valence-electron chi connectivity index (χ3n) is 5.14. The van der Waals surface area contributed by atoms with Gasteiger partial charge < -0.3 is 21.3 Å². The van der Waals surface area contributed by atoms with Crippen LogP contribution in [0.3, 0.4) is 0 Å². The molecule has 0 unspecified atom stereocenters. The second-order valence-electron chi connectivity index (χ2n) is 7.16. The smallest absolute Gasteiger partial charge is 0.319 e. The largest absolute Gasteiger partial charge is 0.384 e. The van der Waals surface area contributed by atoms with Crippen molar-refractivity contribution in [2.75, 3.05) is 29.0 Å². The molecule has 6 nitrogen and oxygen atoms in total. The Labute approximate surface area is 164 Å². The van der Waals surface area contributed by atoms with Crippen LogP contribution in [-0.4, -0.2) is 24.1 Å². The Hall–Kier alpha value is -3.28. The summed E-state index contributed by atoms with van der Waals surface area (Å²) in [4.78, 5) is 18.9. The summed E-state index contributed by atoms with van der Waals surface area (Å²) in [5.74, 6) is 0.427. The summed E-state index contributed by atoms with van der Waals surface area (Å²) >= 11 is 0. The van der Waals surface area contributed by atoms with E-state index in [-0.39, 0.29) is 6.03 Å². The fourth-order valence-corrected chi connectivity index (χ4v) is 3.62. The van der Waals surface area contributed by atoms with E-state index in [1.807, 2.05) is 18.2 Å². The third kappa shape index (κ3) is 4.17. The van der Waals surface area contributed by atoms with E-state index in [9.17, 15) is 4.79 Å². The van der Waals surface area contributed by atoms with E-state index in [1.54, 1.807) is 12.3 Å². The molecule has 0 saturated carbocycles. The molecule has 1 aliphatic heterocycles. The number of hydrogen-bond acceptors (Lipinski definition) is 4. The van der Waals surface area contributed by atoms with Gasteiger partial charge in [0.2, 0.25) is 0 Å². The van der Waals surface area contributed by atoms with Gasteiger partial charge in [0.05, 0.1) is 5.69 Å². The molecular weight excluding hydrogens is 350 g/mol. The van der Waals surface area contributed by atoms with Crippen molar-refractivity contribution in [3.05, 3.63) is 60.3 Å². The first-order valence-corrected chi connectivity index (χ1v) is 9.72. The summed E-state index contributed by atoms with van der Waals surface area (Å²) in [5.41, 5.74) is 8.82. The van der Waals surface area contributed by atoms with Gasteiger partial charge in [-0.1, -0.05) is 24.3 Å². The number of aromatic nitrogens is 1. The van der Waals surface area contributed by atoms with Gasteiger partial charge in [0.1, 0.15) is 5.82 Å². The number of hydrogen-bond donors (Lipinski definition) is 3. The van der Waals surface area contributed by atoms with E-state index in [0.717, 1.165) is 29.4 Å². The minimum absolute atomic E-state index is 0.247. The zero-order valence-electron chi connectivity index (χ0n) is 15.8. The highest BCUT2D eigenvalue weighted by molar-refractivity contribution is 6.02. The molecule has 4 rings (SSSR count). The predicted molar refractivity (Wildman–Crippen MR) is 115 cm³/mol. The Kier molecular flexibility index (Phi) is 5.28. The number of nitrogens with two attached hydrogens (primary N) is 1. The number of anilines is 3. The quantitative estimate of drug-likeness (QED) is 0.640. The van der Waals surface area contributed by atoms with E-state index in [0.29, 0.717) is 18.1 Å². The molecule has 0 aliphatic carbocycles. The molecule has 1 aromatic heterocycles. The SMILES string of the molecule is Nc1cc2c(NC(=O)NCc3ccc(N4CCCCC4)cc3)cccc2cn1. The van der Waals surface area contributed by atoms with Gasteiger partial charge in [-0.2, -0.15) is 0 Å². The van der Waals surface area contributed by atoms with E-state index < -0.39 is 0 Å². The van der Waals surface area contributed by atoms with Gasteiger partial charge >= 0.3 is 6.03 Å². The molecule has 0 atom stereocenters. The molecule has 1 saturated heterocycles. The average Bonchev–Trinajstić information content (AvgIpc) is 2.74. The molecule has 1 fully saturated rings. The number of amides is 2. The van der Waals surface area contributed by atoms with Crippen LogP contribution in [0.1, 0.15) is 24.8 Å². The van der Waals surface area contributed by atoms with Crippen molar-refractivity contribution in [1.29, 1.82) is 0 Å². The van der Waals surface area contributed by atoms with Gasteiger partial charge in [-0.25, -0.2) is 9.78 Å². The van der Waals surface area contributed by atoms with Crippen LogP contribution in [0.5, 0.6) is 0 Å². The Morgan fingerprint density at radius 3 is 2.64 bits per heavy atom. The zero-order valence-corrected chi connectivity index (χ0v) is 15.8. The first kappa shape index (κ1) is 18.1. The first-order valence-electron chi connectivity index (χ1n) is 9.72. The number of fused-ring (bicyclic) bond motifs is 1. The van der Waals surface area contributed by atoms with Crippen LogP contribution in [0.4, 0.5) is 22.0 Å². The van der Waals surface area contributed by atoms with Gasteiger partial charge in [0, 0.05) is 42.3 Å². The number of nitrogens with zero attached hydrogens (tertiary/aromatic N) is 2. The van der Waals surface area contributed by atoms with Crippen LogP contribution in [-0.2, 0) is 6.54 Å². The van der Waals surface area contributed by atoms with Crippen LogP contribution >= 0.6 is 0 Å². The number of nitrogen functional groups attached to an aromatic ring is 1. The van der Waals surface area contributed by atoms with Gasteiger partial charge in [-0.15, -0.1) is 0 Å². The monoisotopic (exact) mass is 375 g/mol. The molecule has 2 heterocycles. The third-order valence-corrected chi connectivity index (χ3v) is 5.14. The fourth-order valence-electron chi connectivity index (χ4n) is 3.62. The number of piperidine rings is 1. The number of benzene rings is 2. The summed E-state index contributed by atoms with van der Waals surface area (Å²) in [6, 6.07) is 15.6. The topological polar surface area (TPSA) is 83.3 Å². The van der Waals surface area contributed by atoms with E-state index in [4.69, 9.17) is 5.73 Å². The van der Waals surface area contributed by atoms with Crippen molar-refractivity contribution >= 4 is 34.0 Å². The molecule has 2 amide bonds. The molecule has 3 aromatic rings. The lowest BCUT2D eigenvalue weighted by Gasteiger charge is -2.28. The van der Waals surface area contributed by atoms with Crippen molar-refractivity contribution in [2.45, 2.75) is 25.8 Å². The lowest BCUT2D eigenvalue weighted by molar-refractivity contribution is 0.252. The zero-order chi connectivity index (χ0) is 19.3. The summed E-state index contributed by atoms with van der Waals surface area (Å²) in [5, 5.41) is 7.62. The molecule has 4 N–H and O–H groups in total. The van der Waals surface area contributed by atoms with Crippen molar-refractivity contribution in [3.63, 3.8) is 0 Å². The van der Waals surface area contributed by atoms with Crippen molar-refractivity contribution in [3.8, 4) is 0 Å². The molecule has 0 spiro atoms. The Bertz CT molecular complexity index is 964. The lowest BCUT2D eigenvalue weighted by atomic mass is 10.1. The van der Waals surface area contributed by atoms with Crippen molar-refractivity contribution in [2.24, 2.45) is 0 Å². The van der Waals surface area contributed by atoms with Crippen LogP contribution in [0.2, 0.25) is 0 Å². The highest BCUT2D eigenvalue weighted by Crippen LogP contribution is 2.24. The number of urea groups is 1. The Morgan fingerprint density at radius 2 is 1.86 bits per heavy atom. The summed E-state index contributed by atoms with van der Waals surface area (Å²) in [6.07, 6.45) is 5.56. The van der Waals surface area contributed by atoms with Crippen LogP contribution < -0.4 is 21.3 Å². The van der Waals surface area contributed by atoms with E-state index in [2.05, 4.69) is 44.8 Å².